The van der Waals surface area contributed by atoms with Crippen LogP contribution in [0.25, 0.3) is 0 Å². The maximum Gasteiger partial charge on any atom is 0.0898 e. The summed E-state index contributed by atoms with van der Waals surface area (Å²) < 4.78 is 0. The van der Waals surface area contributed by atoms with Gasteiger partial charge in [0.05, 0.1) is 23.1 Å². The fraction of sp³-hybridized carbons (Fsp3) is 0.926. The first kappa shape index (κ1) is 22.9. The molecule has 4 saturated carbocycles. The summed E-state index contributed by atoms with van der Waals surface area (Å²) in [6, 6.07) is 6.14. The van der Waals surface area contributed by atoms with Gasteiger partial charge in [-0.2, -0.15) is 0 Å². The number of hydrogen-bond donors (Lipinski definition) is 0. The molecule has 0 saturated heterocycles. The van der Waals surface area contributed by atoms with Crippen molar-refractivity contribution in [3.05, 3.63) is 0 Å². The summed E-state index contributed by atoms with van der Waals surface area (Å²) in [5.74, 6) is 3.50. The topological polar surface area (TPSA) is 49.4 Å². The third-order valence-corrected chi connectivity index (χ3v) is 8.52. The zero-order valence-corrected chi connectivity index (χ0v) is 20.1. The van der Waals surface area contributed by atoms with Crippen molar-refractivity contribution >= 4 is 12.0 Å². The van der Waals surface area contributed by atoms with E-state index in [1.54, 1.807) is 0 Å². The SMILES string of the molecule is CC1CC2CCCC(N=C=NCCCCCN=C=NC3(C)CC4CCCC(C4)C3)(C1)C2. The average Bonchev–Trinajstić information content (AvgIpc) is 2.71. The van der Waals surface area contributed by atoms with Crippen molar-refractivity contribution in [3.63, 3.8) is 0 Å². The Bertz CT molecular complexity index is 699. The minimum Gasteiger partial charge on any atom is -0.226 e. The van der Waals surface area contributed by atoms with Gasteiger partial charge in [-0.3, -0.25) is 0 Å². The molecule has 4 aliphatic carbocycles. The van der Waals surface area contributed by atoms with Crippen molar-refractivity contribution < 1.29 is 0 Å². The number of aliphatic imine (C=N–C) groups is 4. The van der Waals surface area contributed by atoms with Crippen LogP contribution in [0.4, 0.5) is 0 Å². The lowest BCUT2D eigenvalue weighted by atomic mass is 9.64. The van der Waals surface area contributed by atoms with E-state index < -0.39 is 0 Å². The van der Waals surface area contributed by atoms with Crippen LogP contribution < -0.4 is 0 Å². The van der Waals surface area contributed by atoms with Crippen LogP contribution in [0.1, 0.15) is 110 Å². The van der Waals surface area contributed by atoms with E-state index in [2.05, 4.69) is 35.8 Å². The van der Waals surface area contributed by atoms with Gasteiger partial charge in [0.25, 0.3) is 0 Å². The molecule has 4 heteroatoms. The number of nitrogens with zero attached hydrogens (tertiary/aromatic N) is 4. The number of hydrogen-bond acceptors (Lipinski definition) is 4. The zero-order valence-electron chi connectivity index (χ0n) is 20.1. The first-order valence-electron chi connectivity index (χ1n) is 13.3. The number of unbranched alkanes of at least 4 members (excludes halogenated alkanes) is 2. The van der Waals surface area contributed by atoms with Gasteiger partial charge in [-0.1, -0.05) is 39.0 Å². The predicted octanol–water partition coefficient (Wildman–Crippen LogP) is 7.22. The van der Waals surface area contributed by atoms with Crippen molar-refractivity contribution in [2.24, 2.45) is 43.6 Å². The monoisotopic (exact) mass is 424 g/mol. The van der Waals surface area contributed by atoms with Gasteiger partial charge in [0.1, 0.15) is 0 Å². The highest BCUT2D eigenvalue weighted by atomic mass is 14.9. The summed E-state index contributed by atoms with van der Waals surface area (Å²) in [5, 5.41) is 0. The minimum atomic E-state index is 0.0968. The van der Waals surface area contributed by atoms with Crippen molar-refractivity contribution in [1.29, 1.82) is 0 Å². The lowest BCUT2D eigenvalue weighted by Gasteiger charge is -2.44. The summed E-state index contributed by atoms with van der Waals surface area (Å²) in [5.41, 5.74) is 0.269. The van der Waals surface area contributed by atoms with Gasteiger partial charge in [0, 0.05) is 13.1 Å². The summed E-state index contributed by atoms with van der Waals surface area (Å²) in [7, 11) is 0. The lowest BCUT2D eigenvalue weighted by Crippen LogP contribution is -2.40. The summed E-state index contributed by atoms with van der Waals surface area (Å²) in [6.45, 7) is 6.40. The summed E-state index contributed by atoms with van der Waals surface area (Å²) in [6.07, 6.45) is 19.4. The van der Waals surface area contributed by atoms with Gasteiger partial charge >= 0.3 is 0 Å². The molecule has 4 bridgehead atoms. The molecule has 5 atom stereocenters. The van der Waals surface area contributed by atoms with Crippen LogP contribution in [0.5, 0.6) is 0 Å². The van der Waals surface area contributed by atoms with Crippen LogP contribution in [0.3, 0.4) is 0 Å². The summed E-state index contributed by atoms with van der Waals surface area (Å²) in [4.78, 5) is 18.6. The van der Waals surface area contributed by atoms with Crippen LogP contribution >= 0.6 is 0 Å². The van der Waals surface area contributed by atoms with Crippen molar-refractivity contribution in [2.75, 3.05) is 13.1 Å². The molecule has 31 heavy (non-hydrogen) atoms. The Balaban J connectivity index is 1.12. The number of fused-ring (bicyclic) bond motifs is 4. The van der Waals surface area contributed by atoms with E-state index in [-0.39, 0.29) is 11.1 Å². The highest BCUT2D eigenvalue weighted by Crippen LogP contribution is 2.47. The van der Waals surface area contributed by atoms with E-state index in [9.17, 15) is 0 Å². The second-order valence-corrected chi connectivity index (χ2v) is 11.8. The Morgan fingerprint density at radius 3 is 2.13 bits per heavy atom. The first-order valence-corrected chi connectivity index (χ1v) is 13.3. The highest BCUT2D eigenvalue weighted by Gasteiger charge is 2.42. The van der Waals surface area contributed by atoms with E-state index in [1.807, 2.05) is 0 Å². The quantitative estimate of drug-likeness (QED) is 0.292. The molecule has 0 aromatic rings. The molecule has 0 radical (unpaired) electrons. The normalized spacial score (nSPS) is 39.0. The first-order chi connectivity index (χ1) is 15.0. The second kappa shape index (κ2) is 10.6. The standard InChI is InChI=1S/C27H44N4/c1-22-14-23-10-7-11-27(16-22,19-23)31-21-29-13-5-3-4-12-28-20-30-26(2)17-24-8-6-9-25(15-24)18-26/h22-25H,3-19H2,1-2H3. The van der Waals surface area contributed by atoms with E-state index in [1.165, 1.54) is 77.0 Å². The van der Waals surface area contributed by atoms with E-state index >= 15 is 0 Å². The molecule has 4 aliphatic rings. The van der Waals surface area contributed by atoms with Crippen molar-refractivity contribution in [2.45, 2.75) is 121 Å². The van der Waals surface area contributed by atoms with Crippen LogP contribution in [0, 0.1) is 23.7 Å². The molecular formula is C27H44N4. The average molecular weight is 425 g/mol. The molecular weight excluding hydrogens is 380 g/mol. The van der Waals surface area contributed by atoms with Gasteiger partial charge < -0.3 is 0 Å². The Labute approximate surface area is 190 Å². The van der Waals surface area contributed by atoms with Crippen LogP contribution in [0.2, 0.25) is 0 Å². The molecule has 0 spiro atoms. The summed E-state index contributed by atoms with van der Waals surface area (Å²) >= 11 is 0. The Kier molecular flexibility index (Phi) is 7.83. The Morgan fingerprint density at radius 1 is 0.742 bits per heavy atom. The van der Waals surface area contributed by atoms with Gasteiger partial charge in [-0.15, -0.1) is 0 Å². The molecule has 0 aromatic carbocycles. The second-order valence-electron chi connectivity index (χ2n) is 11.8. The minimum absolute atomic E-state index is 0.0968. The molecule has 0 amide bonds. The Morgan fingerprint density at radius 2 is 1.39 bits per heavy atom. The molecule has 0 heterocycles. The van der Waals surface area contributed by atoms with Crippen LogP contribution in [-0.4, -0.2) is 36.2 Å². The van der Waals surface area contributed by atoms with Gasteiger partial charge in [-0.25, -0.2) is 20.0 Å². The molecule has 0 aliphatic heterocycles. The third kappa shape index (κ3) is 6.62. The fourth-order valence-electron chi connectivity index (χ4n) is 7.44. The van der Waals surface area contributed by atoms with Gasteiger partial charge in [-0.05, 0) is 94.8 Å². The Hall–Kier alpha value is -1.24. The molecule has 5 unspecified atom stereocenters. The van der Waals surface area contributed by atoms with E-state index in [0.29, 0.717) is 0 Å². The maximum atomic E-state index is 4.86. The fourth-order valence-corrected chi connectivity index (χ4v) is 7.44. The molecule has 172 valence electrons. The van der Waals surface area contributed by atoms with Crippen LogP contribution in [-0.2, 0) is 0 Å². The van der Waals surface area contributed by atoms with Gasteiger partial charge in [0.15, 0.2) is 0 Å². The highest BCUT2D eigenvalue weighted by molar-refractivity contribution is 5.43. The van der Waals surface area contributed by atoms with Crippen molar-refractivity contribution in [1.82, 2.24) is 0 Å². The van der Waals surface area contributed by atoms with Gasteiger partial charge in [0.2, 0.25) is 0 Å². The zero-order chi connectivity index (χ0) is 21.6. The largest absolute Gasteiger partial charge is 0.226 e. The molecule has 0 aromatic heterocycles. The molecule has 4 rings (SSSR count). The van der Waals surface area contributed by atoms with Crippen LogP contribution in [0.15, 0.2) is 20.0 Å². The predicted molar refractivity (Wildman–Crippen MR) is 129 cm³/mol. The smallest absolute Gasteiger partial charge is 0.0898 e. The lowest BCUT2D eigenvalue weighted by molar-refractivity contribution is 0.118. The van der Waals surface area contributed by atoms with E-state index in [0.717, 1.165) is 56.0 Å². The molecule has 0 N–H and O–H groups in total. The maximum absolute atomic E-state index is 4.86. The molecule has 4 nitrogen and oxygen atoms in total. The number of rotatable bonds is 8. The third-order valence-electron chi connectivity index (χ3n) is 8.52. The molecule has 4 fully saturated rings. The van der Waals surface area contributed by atoms with Crippen molar-refractivity contribution in [3.8, 4) is 0 Å². The van der Waals surface area contributed by atoms with E-state index in [4.69, 9.17) is 9.98 Å².